The smallest absolute Gasteiger partial charge is 0.347 e. The number of aryl methyl sites for hydroxylation is 1. The second kappa shape index (κ2) is 7.77. The summed E-state index contributed by atoms with van der Waals surface area (Å²) < 4.78 is 41.2. The second-order valence-electron chi connectivity index (χ2n) is 7.09. The van der Waals surface area contributed by atoms with Crippen molar-refractivity contribution in [1.29, 1.82) is 0 Å². The molecule has 1 saturated heterocycles. The number of anilines is 1. The maximum Gasteiger partial charge on any atom is 0.417 e. The van der Waals surface area contributed by atoms with Crippen molar-refractivity contribution < 1.29 is 18.0 Å². The van der Waals surface area contributed by atoms with Crippen LogP contribution in [0.15, 0.2) is 48.9 Å². The number of amides is 1. The van der Waals surface area contributed by atoms with E-state index in [1.807, 2.05) is 18.1 Å². The molecule has 0 aliphatic carbocycles. The fourth-order valence-corrected chi connectivity index (χ4v) is 3.47. The average molecular weight is 416 g/mol. The van der Waals surface area contributed by atoms with Crippen molar-refractivity contribution in [2.24, 2.45) is 7.05 Å². The summed E-state index contributed by atoms with van der Waals surface area (Å²) in [5, 5.41) is 6.84. The highest BCUT2D eigenvalue weighted by Crippen LogP contribution is 2.32. The SMILES string of the molecule is Cn1cc(-c2ccnc(N3CCC(NC(=O)c4ccccc4C(F)(F)F)C3)n2)cn1. The highest BCUT2D eigenvalue weighted by molar-refractivity contribution is 5.96. The Hall–Kier alpha value is -3.43. The minimum Gasteiger partial charge on any atom is -0.347 e. The first kappa shape index (κ1) is 19.9. The number of hydrogen-bond donors (Lipinski definition) is 1. The van der Waals surface area contributed by atoms with E-state index in [4.69, 9.17) is 0 Å². The standard InChI is InChI=1S/C20H19F3N6O/c1-28-11-13(10-25-28)17-6-8-24-19(27-17)29-9-7-14(12-29)26-18(30)15-4-2-3-5-16(15)20(21,22)23/h2-6,8,10-11,14H,7,9,12H2,1H3,(H,26,30). The summed E-state index contributed by atoms with van der Waals surface area (Å²) in [5.74, 6) is -0.233. The molecule has 3 heterocycles. The fourth-order valence-electron chi connectivity index (χ4n) is 3.47. The van der Waals surface area contributed by atoms with E-state index in [9.17, 15) is 18.0 Å². The lowest BCUT2D eigenvalue weighted by atomic mass is 10.1. The lowest BCUT2D eigenvalue weighted by molar-refractivity contribution is -0.137. The number of nitrogens with zero attached hydrogens (tertiary/aromatic N) is 5. The Morgan fingerprint density at radius 1 is 1.23 bits per heavy atom. The van der Waals surface area contributed by atoms with E-state index < -0.39 is 17.6 Å². The topological polar surface area (TPSA) is 75.9 Å². The van der Waals surface area contributed by atoms with E-state index >= 15 is 0 Å². The molecule has 1 N–H and O–H groups in total. The van der Waals surface area contributed by atoms with E-state index in [0.29, 0.717) is 25.5 Å². The number of nitrogens with one attached hydrogen (secondary N) is 1. The molecule has 156 valence electrons. The van der Waals surface area contributed by atoms with Gasteiger partial charge in [0.05, 0.1) is 23.0 Å². The molecule has 10 heteroatoms. The average Bonchev–Trinajstić information content (AvgIpc) is 3.36. The second-order valence-corrected chi connectivity index (χ2v) is 7.09. The Labute approximate surface area is 170 Å². The molecule has 7 nitrogen and oxygen atoms in total. The Bertz CT molecular complexity index is 1060. The molecule has 4 rings (SSSR count). The number of rotatable bonds is 4. The summed E-state index contributed by atoms with van der Waals surface area (Å²) in [5.41, 5.74) is 0.261. The van der Waals surface area contributed by atoms with Gasteiger partial charge in [0.15, 0.2) is 0 Å². The third-order valence-electron chi connectivity index (χ3n) is 4.93. The van der Waals surface area contributed by atoms with Crippen LogP contribution in [0.1, 0.15) is 22.3 Å². The van der Waals surface area contributed by atoms with Crippen LogP contribution in [0.2, 0.25) is 0 Å². The molecule has 1 aliphatic rings. The molecule has 1 amide bonds. The first-order chi connectivity index (χ1) is 14.3. The zero-order chi connectivity index (χ0) is 21.3. The minimum atomic E-state index is -4.59. The van der Waals surface area contributed by atoms with Crippen LogP contribution in [-0.2, 0) is 13.2 Å². The Morgan fingerprint density at radius 3 is 2.77 bits per heavy atom. The zero-order valence-corrected chi connectivity index (χ0v) is 16.1. The third-order valence-corrected chi connectivity index (χ3v) is 4.93. The molecule has 3 aromatic rings. The maximum atomic E-state index is 13.2. The first-order valence-corrected chi connectivity index (χ1v) is 9.35. The minimum absolute atomic E-state index is 0.301. The van der Waals surface area contributed by atoms with Crippen molar-refractivity contribution in [3.63, 3.8) is 0 Å². The van der Waals surface area contributed by atoms with Crippen LogP contribution in [0.25, 0.3) is 11.3 Å². The van der Waals surface area contributed by atoms with Crippen molar-refractivity contribution >= 4 is 11.9 Å². The number of carbonyl (C=O) groups is 1. The van der Waals surface area contributed by atoms with E-state index in [0.717, 1.165) is 17.3 Å². The summed E-state index contributed by atoms with van der Waals surface area (Å²) in [4.78, 5) is 23.2. The van der Waals surface area contributed by atoms with E-state index in [1.54, 1.807) is 23.1 Å². The Kier molecular flexibility index (Phi) is 5.15. The normalized spacial score (nSPS) is 16.7. The summed E-state index contributed by atoms with van der Waals surface area (Å²) in [6.45, 7) is 0.999. The highest BCUT2D eigenvalue weighted by Gasteiger charge is 2.35. The molecular formula is C20H19F3N6O. The highest BCUT2D eigenvalue weighted by atomic mass is 19.4. The Balaban J connectivity index is 1.45. The van der Waals surface area contributed by atoms with Gasteiger partial charge in [-0.1, -0.05) is 12.1 Å². The van der Waals surface area contributed by atoms with Gasteiger partial charge in [0, 0.05) is 44.1 Å². The number of alkyl halides is 3. The molecule has 1 unspecified atom stereocenters. The molecule has 1 aliphatic heterocycles. The van der Waals surface area contributed by atoms with Gasteiger partial charge in [-0.25, -0.2) is 9.97 Å². The summed E-state index contributed by atoms with van der Waals surface area (Å²) in [6, 6.07) is 6.26. The summed E-state index contributed by atoms with van der Waals surface area (Å²) in [7, 11) is 1.82. The van der Waals surface area contributed by atoms with Gasteiger partial charge in [0.2, 0.25) is 5.95 Å². The molecule has 1 aromatic carbocycles. The lowest BCUT2D eigenvalue weighted by Gasteiger charge is -2.18. The van der Waals surface area contributed by atoms with Gasteiger partial charge < -0.3 is 10.2 Å². The van der Waals surface area contributed by atoms with Crippen LogP contribution in [0.3, 0.4) is 0 Å². The predicted molar refractivity (Wildman–Crippen MR) is 104 cm³/mol. The van der Waals surface area contributed by atoms with Crippen molar-refractivity contribution in [3.8, 4) is 11.3 Å². The van der Waals surface area contributed by atoms with Crippen molar-refractivity contribution in [3.05, 3.63) is 60.0 Å². The van der Waals surface area contributed by atoms with Gasteiger partial charge >= 0.3 is 6.18 Å². The molecule has 0 saturated carbocycles. The Morgan fingerprint density at radius 2 is 2.03 bits per heavy atom. The van der Waals surface area contributed by atoms with Crippen LogP contribution < -0.4 is 10.2 Å². The van der Waals surface area contributed by atoms with Gasteiger partial charge in [0.1, 0.15) is 0 Å². The predicted octanol–water partition coefficient (Wildman–Crippen LogP) is 2.90. The molecule has 1 atom stereocenters. The molecule has 1 fully saturated rings. The van der Waals surface area contributed by atoms with E-state index in [2.05, 4.69) is 20.4 Å². The van der Waals surface area contributed by atoms with E-state index in [1.165, 1.54) is 18.2 Å². The summed E-state index contributed by atoms with van der Waals surface area (Å²) in [6.07, 6.45) is 1.20. The van der Waals surface area contributed by atoms with Crippen molar-refractivity contribution in [2.75, 3.05) is 18.0 Å². The van der Waals surface area contributed by atoms with Gasteiger partial charge in [0.25, 0.3) is 5.91 Å². The van der Waals surface area contributed by atoms with Gasteiger partial charge in [-0.2, -0.15) is 18.3 Å². The lowest BCUT2D eigenvalue weighted by Crippen LogP contribution is -2.38. The zero-order valence-electron chi connectivity index (χ0n) is 16.1. The van der Waals surface area contributed by atoms with Gasteiger partial charge in [-0.3, -0.25) is 9.48 Å². The quantitative estimate of drug-likeness (QED) is 0.708. The molecule has 2 aromatic heterocycles. The van der Waals surface area contributed by atoms with Crippen molar-refractivity contribution in [2.45, 2.75) is 18.6 Å². The number of aromatic nitrogens is 4. The molecule has 0 bridgehead atoms. The maximum absolute atomic E-state index is 13.2. The summed E-state index contributed by atoms with van der Waals surface area (Å²) >= 11 is 0. The first-order valence-electron chi connectivity index (χ1n) is 9.35. The van der Waals surface area contributed by atoms with Gasteiger partial charge in [-0.05, 0) is 24.6 Å². The van der Waals surface area contributed by atoms with Crippen LogP contribution >= 0.6 is 0 Å². The van der Waals surface area contributed by atoms with Gasteiger partial charge in [-0.15, -0.1) is 0 Å². The van der Waals surface area contributed by atoms with E-state index in [-0.39, 0.29) is 11.6 Å². The number of benzene rings is 1. The number of carbonyl (C=O) groups excluding carboxylic acids is 1. The molecule has 30 heavy (non-hydrogen) atoms. The monoisotopic (exact) mass is 416 g/mol. The largest absolute Gasteiger partial charge is 0.417 e. The fraction of sp³-hybridized carbons (Fsp3) is 0.300. The molecule has 0 radical (unpaired) electrons. The van der Waals surface area contributed by atoms with Crippen LogP contribution in [0, 0.1) is 0 Å². The number of hydrogen-bond acceptors (Lipinski definition) is 5. The molecule has 0 spiro atoms. The van der Waals surface area contributed by atoms with Crippen LogP contribution in [0.5, 0.6) is 0 Å². The number of halogens is 3. The van der Waals surface area contributed by atoms with Crippen molar-refractivity contribution in [1.82, 2.24) is 25.1 Å². The van der Waals surface area contributed by atoms with Crippen LogP contribution in [0.4, 0.5) is 19.1 Å². The van der Waals surface area contributed by atoms with Crippen LogP contribution in [-0.4, -0.2) is 44.8 Å². The third kappa shape index (κ3) is 4.12. The molecular weight excluding hydrogens is 397 g/mol.